The van der Waals surface area contributed by atoms with Crippen LogP contribution in [-0.4, -0.2) is 42.9 Å². The minimum Gasteiger partial charge on any atom is -0.368 e. The number of amides is 2. The SMILES string of the molecule is Cc1cccc(NC(=O)C(C)(C)C(=O)N2CCN(c3ccc(F)cc3)CC2)c1C. The topological polar surface area (TPSA) is 52.7 Å². The van der Waals surface area contributed by atoms with Crippen LogP contribution in [0.4, 0.5) is 15.8 Å². The van der Waals surface area contributed by atoms with Gasteiger partial charge < -0.3 is 15.1 Å². The molecule has 0 radical (unpaired) electrons. The number of rotatable bonds is 4. The quantitative estimate of drug-likeness (QED) is 0.800. The molecule has 2 aromatic rings. The van der Waals surface area contributed by atoms with Crippen molar-refractivity contribution < 1.29 is 14.0 Å². The molecule has 1 aliphatic heterocycles. The van der Waals surface area contributed by atoms with Crippen LogP contribution in [0.25, 0.3) is 0 Å². The van der Waals surface area contributed by atoms with Crippen LogP contribution in [-0.2, 0) is 9.59 Å². The smallest absolute Gasteiger partial charge is 0.239 e. The summed E-state index contributed by atoms with van der Waals surface area (Å²) < 4.78 is 13.1. The van der Waals surface area contributed by atoms with E-state index in [1.54, 1.807) is 30.9 Å². The zero-order valence-corrected chi connectivity index (χ0v) is 17.5. The predicted octanol–water partition coefficient (Wildman–Crippen LogP) is 3.76. The first-order valence-corrected chi connectivity index (χ1v) is 9.87. The molecule has 0 aliphatic carbocycles. The van der Waals surface area contributed by atoms with Crippen LogP contribution in [0.2, 0.25) is 0 Å². The van der Waals surface area contributed by atoms with E-state index >= 15 is 0 Å². The molecule has 0 bridgehead atoms. The van der Waals surface area contributed by atoms with Gasteiger partial charge in [0.2, 0.25) is 11.8 Å². The van der Waals surface area contributed by atoms with Gasteiger partial charge >= 0.3 is 0 Å². The van der Waals surface area contributed by atoms with E-state index in [-0.39, 0.29) is 17.6 Å². The van der Waals surface area contributed by atoms with Gasteiger partial charge in [-0.1, -0.05) is 12.1 Å². The number of aryl methyl sites for hydroxylation is 1. The maximum absolute atomic E-state index is 13.1. The lowest BCUT2D eigenvalue weighted by Gasteiger charge is -2.39. The zero-order valence-electron chi connectivity index (χ0n) is 17.5. The lowest BCUT2D eigenvalue weighted by atomic mass is 9.89. The summed E-state index contributed by atoms with van der Waals surface area (Å²) >= 11 is 0. The summed E-state index contributed by atoms with van der Waals surface area (Å²) in [5.74, 6) is -0.754. The van der Waals surface area contributed by atoms with Crippen LogP contribution in [0.1, 0.15) is 25.0 Å². The number of hydrogen-bond donors (Lipinski definition) is 1. The average molecular weight is 397 g/mol. The molecule has 5 nitrogen and oxygen atoms in total. The predicted molar refractivity (Wildman–Crippen MR) is 114 cm³/mol. The van der Waals surface area contributed by atoms with Gasteiger partial charge in [0.25, 0.3) is 0 Å². The van der Waals surface area contributed by atoms with Crippen LogP contribution in [0.3, 0.4) is 0 Å². The molecule has 1 fully saturated rings. The fourth-order valence-electron chi connectivity index (χ4n) is 3.48. The van der Waals surface area contributed by atoms with Crippen molar-refractivity contribution >= 4 is 23.2 Å². The second-order valence-corrected chi connectivity index (χ2v) is 8.08. The van der Waals surface area contributed by atoms with Crippen molar-refractivity contribution in [2.75, 3.05) is 36.4 Å². The number of carbonyl (C=O) groups excluding carboxylic acids is 2. The first-order chi connectivity index (χ1) is 13.7. The monoisotopic (exact) mass is 397 g/mol. The Balaban J connectivity index is 1.63. The third-order valence-corrected chi connectivity index (χ3v) is 5.71. The van der Waals surface area contributed by atoms with E-state index in [1.807, 2.05) is 32.0 Å². The third kappa shape index (κ3) is 4.42. The lowest BCUT2D eigenvalue weighted by molar-refractivity contribution is -0.146. The van der Waals surface area contributed by atoms with E-state index in [4.69, 9.17) is 0 Å². The van der Waals surface area contributed by atoms with E-state index in [2.05, 4.69) is 10.2 Å². The Morgan fingerprint density at radius 2 is 1.59 bits per heavy atom. The molecule has 0 atom stereocenters. The highest BCUT2D eigenvalue weighted by molar-refractivity contribution is 6.10. The highest BCUT2D eigenvalue weighted by atomic mass is 19.1. The van der Waals surface area contributed by atoms with Gasteiger partial charge in [-0.05, 0) is 69.2 Å². The fraction of sp³-hybridized carbons (Fsp3) is 0.391. The summed E-state index contributed by atoms with van der Waals surface area (Å²) in [6.07, 6.45) is 0. The number of halogens is 1. The van der Waals surface area contributed by atoms with Gasteiger partial charge in [0.1, 0.15) is 11.2 Å². The van der Waals surface area contributed by atoms with Gasteiger partial charge in [-0.25, -0.2) is 4.39 Å². The van der Waals surface area contributed by atoms with Crippen LogP contribution in [0.5, 0.6) is 0 Å². The van der Waals surface area contributed by atoms with Crippen molar-refractivity contribution in [2.45, 2.75) is 27.7 Å². The summed E-state index contributed by atoms with van der Waals surface area (Å²) in [6, 6.07) is 12.1. The van der Waals surface area contributed by atoms with E-state index < -0.39 is 5.41 Å². The first-order valence-electron chi connectivity index (χ1n) is 9.87. The van der Waals surface area contributed by atoms with Crippen LogP contribution >= 0.6 is 0 Å². The lowest BCUT2D eigenvalue weighted by Crippen LogP contribution is -2.54. The molecule has 154 valence electrons. The Morgan fingerprint density at radius 3 is 2.21 bits per heavy atom. The summed E-state index contributed by atoms with van der Waals surface area (Å²) in [4.78, 5) is 29.8. The number of anilines is 2. The summed E-state index contributed by atoms with van der Waals surface area (Å²) in [6.45, 7) is 9.62. The molecule has 0 unspecified atom stereocenters. The van der Waals surface area contributed by atoms with E-state index in [1.165, 1.54) is 12.1 Å². The number of hydrogen-bond acceptors (Lipinski definition) is 3. The zero-order chi connectivity index (χ0) is 21.2. The molecule has 1 heterocycles. The number of nitrogens with one attached hydrogen (secondary N) is 1. The highest BCUT2D eigenvalue weighted by Crippen LogP contribution is 2.26. The van der Waals surface area contributed by atoms with Crippen molar-refractivity contribution in [3.05, 3.63) is 59.4 Å². The molecule has 0 aromatic heterocycles. The Labute approximate surface area is 171 Å². The van der Waals surface area contributed by atoms with E-state index in [0.29, 0.717) is 26.2 Å². The van der Waals surface area contributed by atoms with Crippen molar-refractivity contribution in [3.8, 4) is 0 Å². The van der Waals surface area contributed by atoms with Gasteiger partial charge in [-0.15, -0.1) is 0 Å². The highest BCUT2D eigenvalue weighted by Gasteiger charge is 2.40. The summed E-state index contributed by atoms with van der Waals surface area (Å²) in [7, 11) is 0. The fourth-order valence-corrected chi connectivity index (χ4v) is 3.48. The van der Waals surface area contributed by atoms with E-state index in [0.717, 1.165) is 22.5 Å². The maximum atomic E-state index is 13.1. The van der Waals surface area contributed by atoms with Crippen LogP contribution in [0.15, 0.2) is 42.5 Å². The molecule has 2 amide bonds. The Kier molecular flexibility index (Phi) is 5.91. The van der Waals surface area contributed by atoms with Gasteiger partial charge in [-0.2, -0.15) is 0 Å². The minimum absolute atomic E-state index is 0.181. The van der Waals surface area contributed by atoms with Crippen LogP contribution < -0.4 is 10.2 Å². The second-order valence-electron chi connectivity index (χ2n) is 8.08. The normalized spacial score (nSPS) is 14.7. The van der Waals surface area contributed by atoms with Crippen molar-refractivity contribution in [1.29, 1.82) is 0 Å². The molecule has 1 saturated heterocycles. The number of piperazine rings is 1. The number of benzene rings is 2. The Hall–Kier alpha value is -2.89. The molecular weight excluding hydrogens is 369 g/mol. The second kappa shape index (κ2) is 8.23. The molecule has 29 heavy (non-hydrogen) atoms. The van der Waals surface area contributed by atoms with Gasteiger partial charge in [-0.3, -0.25) is 9.59 Å². The van der Waals surface area contributed by atoms with Crippen molar-refractivity contribution in [2.24, 2.45) is 5.41 Å². The largest absolute Gasteiger partial charge is 0.368 e. The van der Waals surface area contributed by atoms with Crippen molar-refractivity contribution in [3.63, 3.8) is 0 Å². The molecule has 2 aromatic carbocycles. The number of carbonyl (C=O) groups is 2. The van der Waals surface area contributed by atoms with Gasteiger partial charge in [0.15, 0.2) is 0 Å². The molecule has 3 rings (SSSR count). The molecule has 0 saturated carbocycles. The number of nitrogens with zero attached hydrogens (tertiary/aromatic N) is 2. The van der Waals surface area contributed by atoms with E-state index in [9.17, 15) is 14.0 Å². The minimum atomic E-state index is -1.17. The van der Waals surface area contributed by atoms with Crippen LogP contribution in [0, 0.1) is 25.1 Å². The first kappa shape index (κ1) is 20.8. The average Bonchev–Trinajstić information content (AvgIpc) is 2.71. The summed E-state index contributed by atoms with van der Waals surface area (Å²) in [5, 5.41) is 2.92. The molecule has 6 heteroatoms. The Morgan fingerprint density at radius 1 is 0.966 bits per heavy atom. The molecule has 1 aliphatic rings. The van der Waals surface area contributed by atoms with Gasteiger partial charge in [0.05, 0.1) is 0 Å². The summed E-state index contributed by atoms with van der Waals surface area (Å²) in [5.41, 5.74) is 2.58. The third-order valence-electron chi connectivity index (χ3n) is 5.71. The molecular formula is C23H28FN3O2. The van der Waals surface area contributed by atoms with Crippen molar-refractivity contribution in [1.82, 2.24) is 4.90 Å². The maximum Gasteiger partial charge on any atom is 0.239 e. The molecule has 0 spiro atoms. The van der Waals surface area contributed by atoms with Gasteiger partial charge in [0, 0.05) is 37.6 Å². The Bertz CT molecular complexity index is 901. The standard InChI is InChI=1S/C23H28FN3O2/c1-16-6-5-7-20(17(16)2)25-21(28)23(3,4)22(29)27-14-12-26(13-15-27)19-10-8-18(24)9-11-19/h5-11H,12-15H2,1-4H3,(H,25,28). The molecule has 1 N–H and O–H groups in total.